The van der Waals surface area contributed by atoms with Crippen molar-refractivity contribution in [3.8, 4) is 10.4 Å². The number of hydrogen-bond acceptors (Lipinski definition) is 4. The topological polar surface area (TPSA) is 36.2 Å². The number of anilines is 1. The predicted molar refractivity (Wildman–Crippen MR) is 80.0 cm³/mol. The smallest absolute Gasteiger partial charge is 0.268 e. The van der Waals surface area contributed by atoms with E-state index in [2.05, 4.69) is 29.9 Å². The van der Waals surface area contributed by atoms with Gasteiger partial charge in [-0.1, -0.05) is 6.92 Å². The van der Waals surface area contributed by atoms with Gasteiger partial charge < -0.3 is 9.80 Å². The van der Waals surface area contributed by atoms with E-state index in [1.165, 1.54) is 0 Å². The number of rotatable bonds is 2. The summed E-state index contributed by atoms with van der Waals surface area (Å²) in [6, 6.07) is 6.11. The maximum atomic E-state index is 12.5. The highest BCUT2D eigenvalue weighted by Crippen LogP contribution is 2.51. The molecule has 2 aromatic rings. The van der Waals surface area contributed by atoms with E-state index in [4.69, 9.17) is 0 Å². The van der Waals surface area contributed by atoms with Crippen molar-refractivity contribution in [2.45, 2.75) is 19.0 Å². The molecule has 20 heavy (non-hydrogen) atoms. The van der Waals surface area contributed by atoms with E-state index in [0.29, 0.717) is 0 Å². The summed E-state index contributed by atoms with van der Waals surface area (Å²) in [6.07, 6.45) is 4.54. The van der Waals surface area contributed by atoms with Crippen molar-refractivity contribution in [3.05, 3.63) is 35.5 Å². The van der Waals surface area contributed by atoms with Gasteiger partial charge in [-0.3, -0.25) is 9.78 Å². The van der Waals surface area contributed by atoms with E-state index in [0.717, 1.165) is 34.0 Å². The standard InChI is InChI=1S/C15H15N3OS/c1-3-15-9-18(15)14(19)13-11(17(15)2)8-12(20-13)10-4-6-16-7-5-10/h4-8H,3,9H2,1-2H3. The Labute approximate surface area is 121 Å². The molecule has 0 N–H and O–H groups in total. The van der Waals surface area contributed by atoms with Crippen LogP contribution >= 0.6 is 11.3 Å². The van der Waals surface area contributed by atoms with E-state index in [1.54, 1.807) is 23.7 Å². The zero-order valence-corrected chi connectivity index (χ0v) is 12.3. The van der Waals surface area contributed by atoms with Crippen molar-refractivity contribution in [2.75, 3.05) is 18.5 Å². The van der Waals surface area contributed by atoms with Crippen molar-refractivity contribution in [2.24, 2.45) is 0 Å². The zero-order valence-electron chi connectivity index (χ0n) is 11.5. The van der Waals surface area contributed by atoms with Crippen LogP contribution in [0.4, 0.5) is 5.69 Å². The third-order valence-electron chi connectivity index (χ3n) is 4.48. The van der Waals surface area contributed by atoms with Crippen molar-refractivity contribution in [3.63, 3.8) is 0 Å². The summed E-state index contributed by atoms with van der Waals surface area (Å²) in [6.45, 7) is 3.00. The van der Waals surface area contributed by atoms with Gasteiger partial charge >= 0.3 is 0 Å². The van der Waals surface area contributed by atoms with Crippen molar-refractivity contribution in [1.29, 1.82) is 0 Å². The molecule has 0 bridgehead atoms. The molecule has 0 radical (unpaired) electrons. The molecular weight excluding hydrogens is 270 g/mol. The third-order valence-corrected chi connectivity index (χ3v) is 5.64. The summed E-state index contributed by atoms with van der Waals surface area (Å²) in [7, 11) is 2.10. The van der Waals surface area contributed by atoms with Crippen molar-refractivity contribution in [1.82, 2.24) is 9.88 Å². The van der Waals surface area contributed by atoms with Crippen molar-refractivity contribution >= 4 is 22.9 Å². The van der Waals surface area contributed by atoms with E-state index in [-0.39, 0.29) is 11.6 Å². The minimum absolute atomic E-state index is 0.0688. The lowest BCUT2D eigenvalue weighted by atomic mass is 10.1. The van der Waals surface area contributed by atoms with Crippen LogP contribution < -0.4 is 4.90 Å². The maximum Gasteiger partial charge on any atom is 0.268 e. The van der Waals surface area contributed by atoms with E-state index in [9.17, 15) is 4.79 Å². The van der Waals surface area contributed by atoms with Gasteiger partial charge in [0.1, 0.15) is 10.5 Å². The zero-order chi connectivity index (χ0) is 13.9. The number of hydrogen-bond donors (Lipinski definition) is 0. The molecule has 1 atom stereocenters. The molecule has 1 unspecified atom stereocenters. The summed E-state index contributed by atoms with van der Waals surface area (Å²) in [4.78, 5) is 22.8. The van der Waals surface area contributed by atoms with Crippen LogP contribution in [-0.2, 0) is 0 Å². The second-order valence-corrected chi connectivity index (χ2v) is 6.40. The van der Waals surface area contributed by atoms with Gasteiger partial charge in [0.15, 0.2) is 0 Å². The Balaban J connectivity index is 1.83. The first-order valence-electron chi connectivity index (χ1n) is 6.77. The number of amides is 1. The van der Waals surface area contributed by atoms with Crippen LogP contribution in [-0.4, -0.2) is 35.0 Å². The SMILES string of the molecule is CCC12CN1C(=O)c1sc(-c3ccncc3)cc1N2C. The second kappa shape index (κ2) is 3.82. The van der Waals surface area contributed by atoms with Crippen LogP contribution in [0.15, 0.2) is 30.6 Å². The Kier molecular flexibility index (Phi) is 2.27. The molecule has 0 spiro atoms. The first-order valence-corrected chi connectivity index (χ1v) is 7.59. The van der Waals surface area contributed by atoms with Gasteiger partial charge in [0.2, 0.25) is 0 Å². The molecule has 2 aliphatic heterocycles. The fourth-order valence-electron chi connectivity index (χ4n) is 3.09. The van der Waals surface area contributed by atoms with Gasteiger partial charge in [-0.15, -0.1) is 11.3 Å². The van der Waals surface area contributed by atoms with Crippen LogP contribution in [0.25, 0.3) is 10.4 Å². The molecule has 4 rings (SSSR count). The molecule has 4 heterocycles. The molecule has 0 aliphatic carbocycles. The van der Waals surface area contributed by atoms with Gasteiger partial charge in [-0.2, -0.15) is 0 Å². The van der Waals surface area contributed by atoms with Crippen molar-refractivity contribution < 1.29 is 4.79 Å². The number of aromatic nitrogens is 1. The number of fused-ring (bicyclic) bond motifs is 2. The molecule has 1 saturated heterocycles. The Bertz CT molecular complexity index is 696. The van der Waals surface area contributed by atoms with Gasteiger partial charge in [0.05, 0.1) is 12.2 Å². The summed E-state index contributed by atoms with van der Waals surface area (Å²) in [5.74, 6) is 0.185. The Morgan fingerprint density at radius 3 is 2.85 bits per heavy atom. The fourth-order valence-corrected chi connectivity index (χ4v) is 4.24. The first-order chi connectivity index (χ1) is 9.67. The Morgan fingerprint density at radius 2 is 2.15 bits per heavy atom. The third kappa shape index (κ3) is 1.36. The average Bonchev–Trinajstić information content (AvgIpc) is 3.09. The Morgan fingerprint density at radius 1 is 1.40 bits per heavy atom. The molecule has 4 nitrogen and oxygen atoms in total. The second-order valence-electron chi connectivity index (χ2n) is 5.35. The monoisotopic (exact) mass is 285 g/mol. The molecule has 102 valence electrons. The van der Waals surface area contributed by atoms with Gasteiger partial charge in [0, 0.05) is 24.3 Å². The molecule has 2 aliphatic rings. The minimum atomic E-state index is -0.0688. The van der Waals surface area contributed by atoms with E-state index in [1.807, 2.05) is 17.0 Å². The lowest BCUT2D eigenvalue weighted by Crippen LogP contribution is -2.43. The summed E-state index contributed by atoms with van der Waals surface area (Å²) >= 11 is 1.58. The Hall–Kier alpha value is -1.88. The van der Waals surface area contributed by atoms with Crippen LogP contribution in [0.5, 0.6) is 0 Å². The molecule has 1 amide bonds. The number of carbonyl (C=O) groups is 1. The largest absolute Gasteiger partial charge is 0.349 e. The highest BCUT2D eigenvalue weighted by Gasteiger charge is 2.61. The molecular formula is C15H15N3OS. The molecule has 0 aromatic carbocycles. The number of pyridine rings is 1. The highest BCUT2D eigenvalue weighted by atomic mass is 32.1. The van der Waals surface area contributed by atoms with Gasteiger partial charge in [0.25, 0.3) is 5.91 Å². The minimum Gasteiger partial charge on any atom is -0.349 e. The van der Waals surface area contributed by atoms with E-state index < -0.39 is 0 Å². The summed E-state index contributed by atoms with van der Waals surface area (Å²) in [5, 5.41) is 0. The summed E-state index contributed by atoms with van der Waals surface area (Å²) < 4.78 is 0. The molecule has 5 heteroatoms. The van der Waals surface area contributed by atoms with Crippen LogP contribution in [0.1, 0.15) is 23.0 Å². The van der Waals surface area contributed by atoms with Gasteiger partial charge in [-0.05, 0) is 30.2 Å². The lowest BCUT2D eigenvalue weighted by molar-refractivity contribution is 0.0846. The number of thiophene rings is 1. The number of likely N-dealkylation sites (N-methyl/N-ethyl adjacent to an activating group) is 1. The normalized spacial score (nSPS) is 23.6. The van der Waals surface area contributed by atoms with Crippen LogP contribution in [0.3, 0.4) is 0 Å². The lowest BCUT2D eigenvalue weighted by Gasteiger charge is -2.33. The molecule has 1 fully saturated rings. The van der Waals surface area contributed by atoms with E-state index >= 15 is 0 Å². The fraction of sp³-hybridized carbons (Fsp3) is 0.333. The first kappa shape index (κ1) is 11.9. The number of carbonyl (C=O) groups excluding carboxylic acids is 1. The summed E-state index contributed by atoms with van der Waals surface area (Å²) in [5.41, 5.74) is 2.12. The highest BCUT2D eigenvalue weighted by molar-refractivity contribution is 7.18. The van der Waals surface area contributed by atoms with Crippen LogP contribution in [0.2, 0.25) is 0 Å². The molecule has 0 saturated carbocycles. The molecule has 2 aromatic heterocycles. The average molecular weight is 285 g/mol. The van der Waals surface area contributed by atoms with Crippen LogP contribution in [0, 0.1) is 0 Å². The number of nitrogens with zero attached hydrogens (tertiary/aromatic N) is 3. The van der Waals surface area contributed by atoms with Gasteiger partial charge in [-0.25, -0.2) is 0 Å². The maximum absolute atomic E-state index is 12.5. The predicted octanol–water partition coefficient (Wildman–Crippen LogP) is 2.82. The quantitative estimate of drug-likeness (QED) is 0.796.